The smallest absolute Gasteiger partial charge is 0.324 e. The minimum Gasteiger partial charge on any atom is -0.324 e. The van der Waals surface area contributed by atoms with E-state index < -0.39 is 0 Å². The van der Waals surface area contributed by atoms with Gasteiger partial charge in [0.1, 0.15) is 0 Å². The fourth-order valence-electron chi connectivity index (χ4n) is 3.86. The summed E-state index contributed by atoms with van der Waals surface area (Å²) in [5.74, 6) is 0.812. The lowest BCUT2D eigenvalue weighted by Gasteiger charge is -2.35. The van der Waals surface area contributed by atoms with Crippen LogP contribution in [0.4, 0.5) is 5.95 Å². The van der Waals surface area contributed by atoms with E-state index in [0.29, 0.717) is 11.6 Å². The molecule has 0 saturated heterocycles. The molecule has 2 amide bonds. The Morgan fingerprint density at radius 1 is 1.23 bits per heavy atom. The average Bonchev–Trinajstić information content (AvgIpc) is 3.27. The third kappa shape index (κ3) is 2.24. The first kappa shape index (κ1) is 15.5. The largest absolute Gasteiger partial charge is 0.365 e. The van der Waals surface area contributed by atoms with Crippen LogP contribution in [0.25, 0.3) is 11.7 Å². The van der Waals surface area contributed by atoms with Gasteiger partial charge in [0, 0.05) is 18.5 Å². The standard InChI is InChI=1S/C18H20N6O2/c1-9-7-11-8-19-24-17(11)23(10(2)20-18(24)21-12-3-4-12)14-6-5-13(14)16(26)22-15(9)25/h7-8,12-14H,3-6H2,1-2H3,(H,22,25,26)/p+1. The Hall–Kier alpha value is -2.77. The topological polar surface area (TPSA) is 92.3 Å². The van der Waals surface area contributed by atoms with Gasteiger partial charge in [0.05, 0.1) is 23.7 Å². The third-order valence-corrected chi connectivity index (χ3v) is 5.60. The lowest BCUT2D eigenvalue weighted by atomic mass is 9.78. The van der Waals surface area contributed by atoms with Gasteiger partial charge in [-0.05, 0) is 38.7 Å². The molecule has 2 aromatic heterocycles. The number of carbonyl (C=O) groups excluding carboxylic acids is 2. The van der Waals surface area contributed by atoms with Crippen LogP contribution in [0, 0.1) is 12.8 Å². The molecule has 2 saturated carbocycles. The summed E-state index contributed by atoms with van der Waals surface area (Å²) in [4.78, 5) is 29.6. The van der Waals surface area contributed by atoms with Gasteiger partial charge in [-0.25, -0.2) is 4.57 Å². The molecule has 3 aliphatic rings. The number of fused-ring (bicyclic) bond motifs is 2. The summed E-state index contributed by atoms with van der Waals surface area (Å²) in [7, 11) is 0. The highest BCUT2D eigenvalue weighted by Gasteiger charge is 2.44. The van der Waals surface area contributed by atoms with Crippen molar-refractivity contribution < 1.29 is 14.2 Å². The van der Waals surface area contributed by atoms with Crippen molar-refractivity contribution in [1.82, 2.24) is 19.9 Å². The SMILES string of the molecule is CC1=Cc2cnn3c(NC4CC4)nc(C)[n+](c23)C2CCC2C(=O)NC1=O. The molecule has 2 unspecified atom stereocenters. The normalized spacial score (nSPS) is 25.2. The van der Waals surface area contributed by atoms with E-state index >= 15 is 0 Å². The number of hydrogen-bond acceptors (Lipinski definition) is 5. The van der Waals surface area contributed by atoms with E-state index in [-0.39, 0.29) is 23.8 Å². The summed E-state index contributed by atoms with van der Waals surface area (Å²) in [6.45, 7) is 3.68. The van der Waals surface area contributed by atoms with E-state index in [0.717, 1.165) is 48.7 Å². The summed E-state index contributed by atoms with van der Waals surface area (Å²) in [6.07, 6.45) is 7.50. The summed E-state index contributed by atoms with van der Waals surface area (Å²) in [6, 6.07) is 0.448. The van der Waals surface area contributed by atoms with Crippen molar-refractivity contribution in [1.29, 1.82) is 0 Å². The fourth-order valence-corrected chi connectivity index (χ4v) is 3.86. The van der Waals surface area contributed by atoms with E-state index in [1.807, 2.05) is 11.4 Å². The van der Waals surface area contributed by atoms with Crippen molar-refractivity contribution in [3.63, 3.8) is 0 Å². The van der Waals surface area contributed by atoms with Crippen LogP contribution in [0.1, 0.15) is 50.0 Å². The minimum atomic E-state index is -0.337. The fraction of sp³-hybridized carbons (Fsp3) is 0.500. The monoisotopic (exact) mass is 353 g/mol. The predicted molar refractivity (Wildman–Crippen MR) is 93.1 cm³/mol. The molecule has 8 nitrogen and oxygen atoms in total. The molecule has 0 aromatic carbocycles. The van der Waals surface area contributed by atoms with E-state index in [1.165, 1.54) is 0 Å². The Morgan fingerprint density at radius 3 is 2.73 bits per heavy atom. The van der Waals surface area contributed by atoms with Crippen molar-refractivity contribution >= 4 is 29.5 Å². The molecular weight excluding hydrogens is 332 g/mol. The molecule has 8 heteroatoms. The van der Waals surface area contributed by atoms with E-state index in [2.05, 4.69) is 20.3 Å². The molecule has 134 valence electrons. The number of hydrogen-bond donors (Lipinski definition) is 2. The third-order valence-electron chi connectivity index (χ3n) is 5.60. The first-order chi connectivity index (χ1) is 12.5. The Balaban J connectivity index is 1.78. The van der Waals surface area contributed by atoms with Gasteiger partial charge in [-0.2, -0.15) is 0 Å². The number of carbonyl (C=O) groups is 2. The lowest BCUT2D eigenvalue weighted by Crippen LogP contribution is -2.57. The van der Waals surface area contributed by atoms with E-state index in [4.69, 9.17) is 4.98 Å². The zero-order valence-electron chi connectivity index (χ0n) is 14.8. The number of imide groups is 1. The van der Waals surface area contributed by atoms with Crippen LogP contribution in [0.2, 0.25) is 0 Å². The quantitative estimate of drug-likeness (QED) is 0.618. The van der Waals surface area contributed by atoms with E-state index in [9.17, 15) is 9.59 Å². The number of aryl methyl sites for hydroxylation is 1. The molecule has 2 atom stereocenters. The van der Waals surface area contributed by atoms with Gasteiger partial charge in [-0.15, -0.1) is 5.10 Å². The highest BCUT2D eigenvalue weighted by Crippen LogP contribution is 2.37. The number of anilines is 1. The zero-order valence-corrected chi connectivity index (χ0v) is 14.8. The summed E-state index contributed by atoms with van der Waals surface area (Å²) in [5, 5.41) is 10.5. The van der Waals surface area contributed by atoms with Crippen LogP contribution < -0.4 is 15.2 Å². The Bertz CT molecular complexity index is 987. The van der Waals surface area contributed by atoms with Crippen molar-refractivity contribution in [2.24, 2.45) is 5.92 Å². The molecule has 5 rings (SSSR count). The zero-order chi connectivity index (χ0) is 18.0. The van der Waals surface area contributed by atoms with Crippen LogP contribution in [0.5, 0.6) is 0 Å². The predicted octanol–water partition coefficient (Wildman–Crippen LogP) is 0.910. The van der Waals surface area contributed by atoms with Gasteiger partial charge in [-0.3, -0.25) is 14.9 Å². The van der Waals surface area contributed by atoms with Crippen molar-refractivity contribution in [2.45, 2.75) is 51.6 Å². The highest BCUT2D eigenvalue weighted by molar-refractivity contribution is 6.07. The van der Waals surface area contributed by atoms with Gasteiger partial charge in [-0.1, -0.05) is 9.50 Å². The molecule has 2 fully saturated rings. The van der Waals surface area contributed by atoms with Crippen LogP contribution in [0.15, 0.2) is 11.8 Å². The van der Waals surface area contributed by atoms with Crippen molar-refractivity contribution in [3.8, 4) is 0 Å². The number of aromatic nitrogens is 4. The number of nitrogens with one attached hydrogen (secondary N) is 2. The van der Waals surface area contributed by atoms with E-state index in [1.54, 1.807) is 19.2 Å². The van der Waals surface area contributed by atoms with Crippen LogP contribution in [0.3, 0.4) is 0 Å². The van der Waals surface area contributed by atoms with Crippen LogP contribution in [-0.4, -0.2) is 32.5 Å². The van der Waals surface area contributed by atoms with Crippen LogP contribution in [-0.2, 0) is 9.59 Å². The molecule has 2 aromatic rings. The average molecular weight is 353 g/mol. The number of nitrogens with zero attached hydrogens (tertiary/aromatic N) is 4. The Morgan fingerprint density at radius 2 is 2.04 bits per heavy atom. The molecule has 3 heterocycles. The van der Waals surface area contributed by atoms with Gasteiger partial charge in [0.2, 0.25) is 11.7 Å². The summed E-state index contributed by atoms with van der Waals surface area (Å²) >= 11 is 0. The van der Waals surface area contributed by atoms with Gasteiger partial charge < -0.3 is 5.32 Å². The Labute approximate surface area is 150 Å². The molecule has 0 spiro atoms. The maximum atomic E-state index is 12.5. The summed E-state index contributed by atoms with van der Waals surface area (Å²) in [5.41, 5.74) is 2.24. The van der Waals surface area contributed by atoms with Gasteiger partial charge in [0.25, 0.3) is 11.6 Å². The molecular formula is C18H21N6O2+. The second kappa shape index (κ2) is 5.36. The van der Waals surface area contributed by atoms with Gasteiger partial charge in [0.15, 0.2) is 0 Å². The lowest BCUT2D eigenvalue weighted by molar-refractivity contribution is -0.726. The second-order valence-electron chi connectivity index (χ2n) is 7.50. The highest BCUT2D eigenvalue weighted by atomic mass is 16.2. The molecule has 2 N–H and O–H groups in total. The van der Waals surface area contributed by atoms with Crippen molar-refractivity contribution in [3.05, 3.63) is 23.2 Å². The Kier molecular flexibility index (Phi) is 3.19. The summed E-state index contributed by atoms with van der Waals surface area (Å²) < 4.78 is 3.93. The number of amides is 2. The van der Waals surface area contributed by atoms with Gasteiger partial charge >= 0.3 is 5.95 Å². The van der Waals surface area contributed by atoms with Crippen molar-refractivity contribution in [2.75, 3.05) is 5.32 Å². The molecule has 0 radical (unpaired) electrons. The molecule has 26 heavy (non-hydrogen) atoms. The minimum absolute atomic E-state index is 0.00460. The second-order valence-corrected chi connectivity index (χ2v) is 7.50. The molecule has 1 aliphatic heterocycles. The first-order valence-corrected chi connectivity index (χ1v) is 9.13. The molecule has 0 bridgehead atoms. The first-order valence-electron chi connectivity index (χ1n) is 9.13. The maximum Gasteiger partial charge on any atom is 0.365 e. The van der Waals surface area contributed by atoms with Crippen LogP contribution >= 0.6 is 0 Å². The maximum absolute atomic E-state index is 12.5. The molecule has 2 aliphatic carbocycles. The number of rotatable bonds is 2.